The molecule has 0 unspecified atom stereocenters. The molecule has 2 aromatic rings. The first-order valence-corrected chi connectivity index (χ1v) is 8.05. The van der Waals surface area contributed by atoms with Crippen molar-refractivity contribution < 1.29 is 8.42 Å². The van der Waals surface area contributed by atoms with Gasteiger partial charge in [0, 0.05) is 27.0 Å². The number of benzene rings is 1. The molecule has 1 aromatic carbocycles. The molecule has 0 spiro atoms. The monoisotopic (exact) mass is 342 g/mol. The minimum Gasteiger partial charge on any atom is -0.242 e. The lowest BCUT2D eigenvalue weighted by Crippen LogP contribution is -2.40. The SMILES string of the molecule is CC(C)(C)NS(=O)(=O)c1ncc(Br)c2ccccc12. The average molecular weight is 343 g/mol. The van der Waals surface area contributed by atoms with Gasteiger partial charge < -0.3 is 0 Å². The van der Waals surface area contributed by atoms with E-state index in [1.165, 1.54) is 6.20 Å². The van der Waals surface area contributed by atoms with Gasteiger partial charge in [0.2, 0.25) is 0 Å². The van der Waals surface area contributed by atoms with Crippen molar-refractivity contribution in [3.05, 3.63) is 34.9 Å². The van der Waals surface area contributed by atoms with Crippen molar-refractivity contribution in [1.82, 2.24) is 9.71 Å². The number of sulfonamides is 1. The predicted octanol–water partition coefficient (Wildman–Crippen LogP) is 3.07. The topological polar surface area (TPSA) is 59.1 Å². The zero-order chi connectivity index (χ0) is 14.3. The Labute approximate surface area is 121 Å². The molecule has 0 atom stereocenters. The highest BCUT2D eigenvalue weighted by Gasteiger charge is 2.25. The number of aromatic nitrogens is 1. The molecule has 4 nitrogen and oxygen atoms in total. The molecule has 2 rings (SSSR count). The van der Waals surface area contributed by atoms with Gasteiger partial charge in [-0.1, -0.05) is 24.3 Å². The molecule has 0 fully saturated rings. The van der Waals surface area contributed by atoms with Crippen LogP contribution in [0.3, 0.4) is 0 Å². The van der Waals surface area contributed by atoms with Crippen LogP contribution in [-0.4, -0.2) is 18.9 Å². The lowest BCUT2D eigenvalue weighted by atomic mass is 10.1. The van der Waals surface area contributed by atoms with Crippen molar-refractivity contribution >= 4 is 36.7 Å². The molecule has 0 aliphatic rings. The lowest BCUT2D eigenvalue weighted by Gasteiger charge is -2.20. The Morgan fingerprint density at radius 3 is 2.32 bits per heavy atom. The summed E-state index contributed by atoms with van der Waals surface area (Å²) in [4.78, 5) is 4.06. The minimum absolute atomic E-state index is 0.0567. The zero-order valence-corrected chi connectivity index (χ0v) is 13.3. The molecule has 0 amide bonds. The predicted molar refractivity (Wildman–Crippen MR) is 79.5 cm³/mol. The molecule has 1 heterocycles. The van der Waals surface area contributed by atoms with Crippen molar-refractivity contribution in [2.75, 3.05) is 0 Å². The Kier molecular flexibility index (Phi) is 3.68. The number of nitrogens with one attached hydrogen (secondary N) is 1. The lowest BCUT2D eigenvalue weighted by molar-refractivity contribution is 0.490. The van der Waals surface area contributed by atoms with Gasteiger partial charge in [-0.05, 0) is 36.7 Å². The van der Waals surface area contributed by atoms with Gasteiger partial charge in [-0.25, -0.2) is 18.1 Å². The quantitative estimate of drug-likeness (QED) is 0.912. The molecule has 1 N–H and O–H groups in total. The third-order valence-corrected chi connectivity index (χ3v) is 4.75. The first-order valence-electron chi connectivity index (χ1n) is 5.78. The fourth-order valence-electron chi connectivity index (χ4n) is 1.80. The molecular weight excluding hydrogens is 328 g/mol. The van der Waals surface area contributed by atoms with Crippen molar-refractivity contribution in [3.63, 3.8) is 0 Å². The number of fused-ring (bicyclic) bond motifs is 1. The van der Waals surface area contributed by atoms with Gasteiger partial charge in [-0.3, -0.25) is 0 Å². The molecule has 0 saturated carbocycles. The summed E-state index contributed by atoms with van der Waals surface area (Å²) in [5.74, 6) is 0. The maximum atomic E-state index is 12.4. The second-order valence-electron chi connectivity index (χ2n) is 5.31. The highest BCUT2D eigenvalue weighted by Crippen LogP contribution is 2.27. The summed E-state index contributed by atoms with van der Waals surface area (Å²) in [6.45, 7) is 5.39. The second kappa shape index (κ2) is 4.85. The first-order chi connectivity index (χ1) is 8.71. The molecule has 19 heavy (non-hydrogen) atoms. The van der Waals surface area contributed by atoms with Crippen molar-refractivity contribution in [1.29, 1.82) is 0 Å². The number of halogens is 1. The summed E-state index contributed by atoms with van der Waals surface area (Å²) in [6.07, 6.45) is 1.51. The van der Waals surface area contributed by atoms with Gasteiger partial charge in [0.15, 0.2) is 5.03 Å². The van der Waals surface area contributed by atoms with Gasteiger partial charge >= 0.3 is 0 Å². The van der Waals surface area contributed by atoms with Crippen LogP contribution in [0, 0.1) is 0 Å². The van der Waals surface area contributed by atoms with E-state index in [9.17, 15) is 8.42 Å². The van der Waals surface area contributed by atoms with Crippen LogP contribution in [0.25, 0.3) is 10.8 Å². The van der Waals surface area contributed by atoms with Crippen molar-refractivity contribution in [2.24, 2.45) is 0 Å². The molecule has 6 heteroatoms. The zero-order valence-electron chi connectivity index (χ0n) is 10.9. The van der Waals surface area contributed by atoms with Crippen LogP contribution < -0.4 is 4.72 Å². The number of nitrogens with zero attached hydrogens (tertiary/aromatic N) is 1. The van der Waals surface area contributed by atoms with Crippen LogP contribution in [0.5, 0.6) is 0 Å². The molecule has 0 radical (unpaired) electrons. The van der Waals surface area contributed by atoms with Gasteiger partial charge in [0.05, 0.1) is 0 Å². The molecule has 0 aliphatic carbocycles. The van der Waals surface area contributed by atoms with E-state index in [2.05, 4.69) is 25.6 Å². The second-order valence-corrected chi connectivity index (χ2v) is 7.76. The van der Waals surface area contributed by atoms with E-state index < -0.39 is 15.6 Å². The average Bonchev–Trinajstić information content (AvgIpc) is 2.26. The largest absolute Gasteiger partial charge is 0.259 e. The summed E-state index contributed by atoms with van der Waals surface area (Å²) in [6, 6.07) is 7.27. The maximum absolute atomic E-state index is 12.4. The Balaban J connectivity index is 2.67. The van der Waals surface area contributed by atoms with Gasteiger partial charge in [0.25, 0.3) is 10.0 Å². The van der Waals surface area contributed by atoms with Crippen LogP contribution >= 0.6 is 15.9 Å². The third-order valence-electron chi connectivity index (χ3n) is 2.41. The summed E-state index contributed by atoms with van der Waals surface area (Å²) >= 11 is 3.38. The molecule has 102 valence electrons. The fourth-order valence-corrected chi connectivity index (χ4v) is 3.81. The van der Waals surface area contributed by atoms with E-state index >= 15 is 0 Å². The van der Waals surface area contributed by atoms with E-state index in [0.717, 1.165) is 9.86 Å². The van der Waals surface area contributed by atoms with Crippen molar-refractivity contribution in [2.45, 2.75) is 31.3 Å². The Morgan fingerprint density at radius 2 is 1.74 bits per heavy atom. The van der Waals surface area contributed by atoms with Crippen LogP contribution in [-0.2, 0) is 10.0 Å². The molecule has 0 bridgehead atoms. The van der Waals surface area contributed by atoms with Gasteiger partial charge in [-0.15, -0.1) is 0 Å². The third kappa shape index (κ3) is 3.13. The van der Waals surface area contributed by atoms with Crippen LogP contribution in [0.1, 0.15) is 20.8 Å². The van der Waals surface area contributed by atoms with Gasteiger partial charge in [0.1, 0.15) is 0 Å². The van der Waals surface area contributed by atoms with Crippen LogP contribution in [0.4, 0.5) is 0 Å². The summed E-state index contributed by atoms with van der Waals surface area (Å²) in [5, 5.41) is 1.49. The molecule has 0 aliphatic heterocycles. The smallest absolute Gasteiger partial charge is 0.242 e. The van der Waals surface area contributed by atoms with Crippen LogP contribution in [0.15, 0.2) is 40.0 Å². The molecule has 0 saturated heterocycles. The fraction of sp³-hybridized carbons (Fsp3) is 0.308. The maximum Gasteiger partial charge on any atom is 0.259 e. The minimum atomic E-state index is -3.64. The summed E-state index contributed by atoms with van der Waals surface area (Å²) < 4.78 is 28.2. The van der Waals surface area contributed by atoms with E-state index in [1.807, 2.05) is 12.1 Å². The number of hydrogen-bond acceptors (Lipinski definition) is 3. The van der Waals surface area contributed by atoms with E-state index in [-0.39, 0.29) is 5.03 Å². The van der Waals surface area contributed by atoms with E-state index in [4.69, 9.17) is 0 Å². The van der Waals surface area contributed by atoms with Crippen molar-refractivity contribution in [3.8, 4) is 0 Å². The Hall–Kier alpha value is -0.980. The Bertz CT molecular complexity index is 721. The summed E-state index contributed by atoms with van der Waals surface area (Å²) in [5.41, 5.74) is -0.547. The van der Waals surface area contributed by atoms with Crippen LogP contribution in [0.2, 0.25) is 0 Å². The van der Waals surface area contributed by atoms with Gasteiger partial charge in [-0.2, -0.15) is 0 Å². The Morgan fingerprint density at radius 1 is 1.16 bits per heavy atom. The number of pyridine rings is 1. The number of rotatable bonds is 2. The van der Waals surface area contributed by atoms with E-state index in [0.29, 0.717) is 5.39 Å². The molecular formula is C13H15BrN2O2S. The highest BCUT2D eigenvalue weighted by atomic mass is 79.9. The highest BCUT2D eigenvalue weighted by molar-refractivity contribution is 9.10. The standard InChI is InChI=1S/C13H15BrN2O2S/c1-13(2,3)16-19(17,18)12-10-7-5-4-6-9(10)11(14)8-15-12/h4-8,16H,1-3H3. The number of hydrogen-bond donors (Lipinski definition) is 1. The summed E-state index contributed by atoms with van der Waals surface area (Å²) in [7, 11) is -3.64. The molecule has 1 aromatic heterocycles. The normalized spacial score (nSPS) is 12.8. The van der Waals surface area contributed by atoms with E-state index in [1.54, 1.807) is 32.9 Å². The first kappa shape index (κ1) is 14.4.